The Morgan fingerprint density at radius 2 is 1.84 bits per heavy atom. The summed E-state index contributed by atoms with van der Waals surface area (Å²) in [5, 5.41) is 0. The summed E-state index contributed by atoms with van der Waals surface area (Å²) in [5.41, 5.74) is 0. The van der Waals surface area contributed by atoms with E-state index < -0.39 is 31.6 Å². The molecular weight excluding hydrogens is 276 g/mol. The number of hydrogen-bond donors (Lipinski definition) is 0. The normalized spacial score (nSPS) is 43.7. The molecule has 5 atom stereocenters. The lowest BCUT2D eigenvalue weighted by Gasteiger charge is -2.41. The Balaban J connectivity index is 1.67. The van der Waals surface area contributed by atoms with Gasteiger partial charge in [0, 0.05) is 18.6 Å². The third-order valence-corrected chi connectivity index (χ3v) is 3.82. The lowest BCUT2D eigenvalue weighted by atomic mass is 10.3. The summed E-state index contributed by atoms with van der Waals surface area (Å²) in [5.74, 6) is 1.61. The van der Waals surface area contributed by atoms with Gasteiger partial charge in [-0.05, 0) is 0 Å². The first-order chi connectivity index (χ1) is 9.33. The van der Waals surface area contributed by atoms with Crippen molar-refractivity contribution in [3.05, 3.63) is 0 Å². The molecule has 3 fully saturated rings. The number of methoxy groups -OCH3 is 1. The standard InChI is InChI=1S/C11H18O7S/c1-12-5-9-14-7-4-8(15-9)17-11-13-2-3-19-6-10(16-7)18-11/h7-11H,2-6H2,1H3/t7-,8+,9+,10-,11+/m1/s1. The Morgan fingerprint density at radius 1 is 1.05 bits per heavy atom. The van der Waals surface area contributed by atoms with Crippen molar-refractivity contribution in [2.75, 3.05) is 31.8 Å². The highest BCUT2D eigenvalue weighted by Crippen LogP contribution is 2.28. The third kappa shape index (κ3) is 3.79. The second-order valence-corrected chi connectivity index (χ2v) is 5.47. The van der Waals surface area contributed by atoms with Gasteiger partial charge in [0.25, 0.3) is 6.48 Å². The van der Waals surface area contributed by atoms with E-state index >= 15 is 0 Å². The maximum absolute atomic E-state index is 5.78. The lowest BCUT2D eigenvalue weighted by molar-refractivity contribution is -0.460. The van der Waals surface area contributed by atoms with Crippen LogP contribution in [-0.2, 0) is 33.2 Å². The second kappa shape index (κ2) is 6.68. The van der Waals surface area contributed by atoms with Crippen molar-refractivity contribution >= 4 is 11.8 Å². The van der Waals surface area contributed by atoms with Gasteiger partial charge in [-0.15, -0.1) is 0 Å². The molecule has 0 spiro atoms. The molecule has 4 bridgehead atoms. The van der Waals surface area contributed by atoms with Crippen molar-refractivity contribution in [1.29, 1.82) is 0 Å². The monoisotopic (exact) mass is 294 g/mol. The van der Waals surface area contributed by atoms with Crippen LogP contribution >= 0.6 is 11.8 Å². The van der Waals surface area contributed by atoms with Crippen molar-refractivity contribution < 1.29 is 33.2 Å². The van der Waals surface area contributed by atoms with Crippen LogP contribution in [0, 0.1) is 0 Å². The predicted octanol–water partition coefficient (Wildman–Crippen LogP) is 0.484. The van der Waals surface area contributed by atoms with E-state index in [-0.39, 0.29) is 0 Å². The van der Waals surface area contributed by atoms with Crippen LogP contribution in [-0.4, -0.2) is 63.5 Å². The van der Waals surface area contributed by atoms with Crippen molar-refractivity contribution in [3.63, 3.8) is 0 Å². The fourth-order valence-electron chi connectivity index (χ4n) is 2.05. The van der Waals surface area contributed by atoms with Crippen LogP contribution in [0.5, 0.6) is 0 Å². The van der Waals surface area contributed by atoms with E-state index in [9.17, 15) is 0 Å². The minimum Gasteiger partial charge on any atom is -0.379 e. The van der Waals surface area contributed by atoms with Gasteiger partial charge < -0.3 is 23.7 Å². The zero-order chi connectivity index (χ0) is 13.1. The van der Waals surface area contributed by atoms with Gasteiger partial charge in [0.2, 0.25) is 0 Å². The highest BCUT2D eigenvalue weighted by molar-refractivity contribution is 7.99. The highest BCUT2D eigenvalue weighted by Gasteiger charge is 2.38. The molecule has 0 aromatic carbocycles. The van der Waals surface area contributed by atoms with E-state index in [0.29, 0.717) is 19.6 Å². The molecule has 0 aromatic heterocycles. The average Bonchev–Trinajstić information content (AvgIpc) is 2.33. The molecule has 0 radical (unpaired) electrons. The summed E-state index contributed by atoms with van der Waals surface area (Å²) in [6.07, 6.45) is -1.29. The molecule has 0 aromatic rings. The molecule has 7 nitrogen and oxygen atoms in total. The summed E-state index contributed by atoms with van der Waals surface area (Å²) in [7, 11) is 1.59. The summed E-state index contributed by atoms with van der Waals surface area (Å²) in [4.78, 5) is 0. The summed E-state index contributed by atoms with van der Waals surface area (Å²) < 4.78 is 38.7. The summed E-state index contributed by atoms with van der Waals surface area (Å²) >= 11 is 1.71. The van der Waals surface area contributed by atoms with Crippen LogP contribution in [0.4, 0.5) is 0 Å². The number of fused-ring (bicyclic) bond motifs is 4. The van der Waals surface area contributed by atoms with Crippen molar-refractivity contribution in [2.24, 2.45) is 0 Å². The van der Waals surface area contributed by atoms with E-state index in [1.807, 2.05) is 0 Å². The summed E-state index contributed by atoms with van der Waals surface area (Å²) in [6.45, 7) is 0.153. The minimum atomic E-state index is -0.752. The molecule has 19 heavy (non-hydrogen) atoms. The van der Waals surface area contributed by atoms with E-state index in [0.717, 1.165) is 11.5 Å². The van der Waals surface area contributed by atoms with Gasteiger partial charge in [0.15, 0.2) is 25.2 Å². The van der Waals surface area contributed by atoms with Gasteiger partial charge in [0.05, 0.1) is 19.6 Å². The van der Waals surface area contributed by atoms with Crippen LogP contribution in [0.15, 0.2) is 0 Å². The van der Waals surface area contributed by atoms with Gasteiger partial charge >= 0.3 is 0 Å². The van der Waals surface area contributed by atoms with E-state index in [2.05, 4.69) is 0 Å². The van der Waals surface area contributed by atoms with E-state index in [1.54, 1.807) is 18.9 Å². The van der Waals surface area contributed by atoms with Gasteiger partial charge in [-0.25, -0.2) is 0 Å². The van der Waals surface area contributed by atoms with Gasteiger partial charge in [-0.1, -0.05) is 0 Å². The molecule has 3 heterocycles. The van der Waals surface area contributed by atoms with Gasteiger partial charge in [0.1, 0.15) is 0 Å². The molecule has 3 saturated heterocycles. The molecule has 3 rings (SSSR count). The first-order valence-electron chi connectivity index (χ1n) is 6.29. The van der Waals surface area contributed by atoms with Crippen molar-refractivity contribution in [1.82, 2.24) is 0 Å². The first-order valence-corrected chi connectivity index (χ1v) is 7.44. The predicted molar refractivity (Wildman–Crippen MR) is 64.1 cm³/mol. The van der Waals surface area contributed by atoms with Crippen molar-refractivity contribution in [2.45, 2.75) is 38.1 Å². The average molecular weight is 294 g/mol. The fraction of sp³-hybridized carbons (Fsp3) is 1.00. The Labute approximate surface area is 115 Å². The zero-order valence-electron chi connectivity index (χ0n) is 10.7. The van der Waals surface area contributed by atoms with Crippen molar-refractivity contribution in [3.8, 4) is 0 Å². The molecule has 3 aliphatic rings. The zero-order valence-corrected chi connectivity index (χ0v) is 11.5. The maximum atomic E-state index is 5.78. The number of rotatable bonds is 2. The molecule has 0 aliphatic carbocycles. The van der Waals surface area contributed by atoms with E-state index in [4.69, 9.17) is 33.2 Å². The minimum absolute atomic E-state index is 0.325. The number of thioether (sulfide) groups is 1. The molecule has 3 aliphatic heterocycles. The molecular formula is C11H18O7S. The van der Waals surface area contributed by atoms with Gasteiger partial charge in [-0.2, -0.15) is 11.8 Å². The Morgan fingerprint density at radius 3 is 2.68 bits per heavy atom. The van der Waals surface area contributed by atoms with Crippen LogP contribution in [0.2, 0.25) is 0 Å². The third-order valence-electron chi connectivity index (χ3n) is 2.86. The van der Waals surface area contributed by atoms with Crippen LogP contribution in [0.1, 0.15) is 6.42 Å². The Hall–Kier alpha value is 0.0700. The smallest absolute Gasteiger partial charge is 0.276 e. The molecule has 8 heteroatoms. The number of hydrogen-bond acceptors (Lipinski definition) is 8. The first kappa shape index (κ1) is 14.0. The molecule has 0 N–H and O–H groups in total. The highest BCUT2D eigenvalue weighted by atomic mass is 32.2. The molecule has 0 amide bonds. The van der Waals surface area contributed by atoms with Crippen LogP contribution in [0.25, 0.3) is 0 Å². The Bertz CT molecular complexity index is 270. The van der Waals surface area contributed by atoms with Crippen LogP contribution in [0.3, 0.4) is 0 Å². The lowest BCUT2D eigenvalue weighted by Crippen LogP contribution is -2.50. The Kier molecular flexibility index (Phi) is 4.93. The quantitative estimate of drug-likeness (QED) is 0.729. The van der Waals surface area contributed by atoms with E-state index in [1.165, 1.54) is 0 Å². The maximum Gasteiger partial charge on any atom is 0.276 e. The second-order valence-electron chi connectivity index (χ2n) is 4.32. The largest absolute Gasteiger partial charge is 0.379 e. The SMILES string of the molecule is COC[C@H]1O[C@H]2C[C@@H](O1)O[C@@H]1OCCSC[C@H](O2)O1. The molecule has 0 saturated carbocycles. The number of ether oxygens (including phenoxy) is 7. The summed E-state index contributed by atoms with van der Waals surface area (Å²) in [6, 6.07) is 0. The topological polar surface area (TPSA) is 64.6 Å². The van der Waals surface area contributed by atoms with Gasteiger partial charge in [-0.3, -0.25) is 9.47 Å². The molecule has 110 valence electrons. The van der Waals surface area contributed by atoms with Crippen LogP contribution < -0.4 is 0 Å². The fourth-order valence-corrected chi connectivity index (χ4v) is 2.78. The molecule has 0 unspecified atom stereocenters.